The number of aromatic nitrogens is 4. The Morgan fingerprint density at radius 1 is 1.07 bits per heavy atom. The number of hydrogen-bond acceptors (Lipinski definition) is 5. The molecule has 3 aromatic heterocycles. The summed E-state index contributed by atoms with van der Waals surface area (Å²) in [5.41, 5.74) is 6.75. The van der Waals surface area contributed by atoms with E-state index in [1.54, 1.807) is 7.11 Å². The van der Waals surface area contributed by atoms with Crippen molar-refractivity contribution >= 4 is 21.9 Å². The summed E-state index contributed by atoms with van der Waals surface area (Å²) in [7, 11) is 3.74. The number of fused-ring (bicyclic) bond motifs is 3. The van der Waals surface area contributed by atoms with Crippen molar-refractivity contribution in [2.24, 2.45) is 7.05 Å². The molecule has 6 nitrogen and oxygen atoms in total. The summed E-state index contributed by atoms with van der Waals surface area (Å²) in [6.45, 7) is 3.84. The summed E-state index contributed by atoms with van der Waals surface area (Å²) in [5.74, 6) is 2.52. The van der Waals surface area contributed by atoms with Gasteiger partial charge in [0.2, 0.25) is 0 Å². The van der Waals surface area contributed by atoms with E-state index in [9.17, 15) is 0 Å². The minimum absolute atomic E-state index is 0.761. The maximum absolute atomic E-state index is 5.75. The number of benzene rings is 2. The molecule has 150 valence electrons. The predicted molar refractivity (Wildman–Crippen MR) is 117 cm³/mol. The van der Waals surface area contributed by atoms with Crippen molar-refractivity contribution in [3.8, 4) is 16.9 Å². The van der Waals surface area contributed by atoms with Gasteiger partial charge in [-0.2, -0.15) is 0 Å². The molecule has 6 heteroatoms. The lowest BCUT2D eigenvalue weighted by atomic mass is 10.0. The largest absolute Gasteiger partial charge is 0.496 e. The van der Waals surface area contributed by atoms with Gasteiger partial charge in [-0.3, -0.25) is 4.98 Å². The van der Waals surface area contributed by atoms with E-state index in [2.05, 4.69) is 41.0 Å². The van der Waals surface area contributed by atoms with Crippen LogP contribution in [0.15, 0.2) is 53.2 Å². The minimum atomic E-state index is 0.761. The molecule has 0 aliphatic carbocycles. The predicted octanol–water partition coefficient (Wildman–Crippen LogP) is 4.99. The molecule has 0 saturated heterocycles. The molecule has 0 fully saturated rings. The normalized spacial score (nSPS) is 11.5. The summed E-state index contributed by atoms with van der Waals surface area (Å²) in [4.78, 5) is 9.54. The van der Waals surface area contributed by atoms with E-state index in [1.807, 2.05) is 38.2 Å². The third kappa shape index (κ3) is 2.84. The maximum atomic E-state index is 5.75. The molecule has 0 bridgehead atoms. The van der Waals surface area contributed by atoms with Crippen LogP contribution in [0.5, 0.6) is 5.75 Å². The molecule has 2 aromatic carbocycles. The van der Waals surface area contributed by atoms with Crippen molar-refractivity contribution in [1.82, 2.24) is 19.7 Å². The molecule has 0 N–H and O–H groups in total. The zero-order chi connectivity index (χ0) is 20.8. The molecule has 5 rings (SSSR count). The highest BCUT2D eigenvalue weighted by Crippen LogP contribution is 2.38. The molecule has 0 spiro atoms. The summed E-state index contributed by atoms with van der Waals surface area (Å²) >= 11 is 0. The summed E-state index contributed by atoms with van der Waals surface area (Å²) in [6.07, 6.45) is 2.61. The summed E-state index contributed by atoms with van der Waals surface area (Å²) in [5, 5.41) is 5.10. The third-order valence-electron chi connectivity index (χ3n) is 5.62. The lowest BCUT2D eigenvalue weighted by Gasteiger charge is -2.11. The Bertz CT molecular complexity index is 1360. The monoisotopic (exact) mass is 398 g/mol. The van der Waals surface area contributed by atoms with Crippen molar-refractivity contribution in [3.63, 3.8) is 0 Å². The van der Waals surface area contributed by atoms with E-state index >= 15 is 0 Å². The fourth-order valence-corrected chi connectivity index (χ4v) is 4.14. The summed E-state index contributed by atoms with van der Waals surface area (Å²) < 4.78 is 13.3. The van der Waals surface area contributed by atoms with Gasteiger partial charge in [-0.1, -0.05) is 35.5 Å². The van der Waals surface area contributed by atoms with Gasteiger partial charge in [0.05, 0.1) is 35.6 Å². The molecule has 0 aliphatic heterocycles. The highest BCUT2D eigenvalue weighted by atomic mass is 16.5. The molecule has 5 aromatic rings. The molecule has 30 heavy (non-hydrogen) atoms. The van der Waals surface area contributed by atoms with Crippen LogP contribution in [-0.2, 0) is 13.5 Å². The number of nitrogens with zero attached hydrogens (tertiary/aromatic N) is 4. The van der Waals surface area contributed by atoms with Crippen LogP contribution in [0, 0.1) is 13.8 Å². The second kappa shape index (κ2) is 6.99. The van der Waals surface area contributed by atoms with E-state index in [4.69, 9.17) is 19.2 Å². The SMILES string of the molecule is COc1cc2c(cc1-c1c(C)noc1C)ncc1nc(Cc3ccccc3)n(C)c12. The quantitative estimate of drug-likeness (QED) is 0.427. The molecular formula is C24H22N4O2. The van der Waals surface area contributed by atoms with Crippen molar-refractivity contribution in [2.75, 3.05) is 7.11 Å². The van der Waals surface area contributed by atoms with Crippen LogP contribution in [-0.4, -0.2) is 26.8 Å². The lowest BCUT2D eigenvalue weighted by molar-refractivity contribution is 0.393. The Morgan fingerprint density at radius 2 is 1.87 bits per heavy atom. The van der Waals surface area contributed by atoms with E-state index < -0.39 is 0 Å². The van der Waals surface area contributed by atoms with Crippen molar-refractivity contribution in [1.29, 1.82) is 0 Å². The fourth-order valence-electron chi connectivity index (χ4n) is 4.14. The first kappa shape index (κ1) is 18.4. The lowest BCUT2D eigenvalue weighted by Crippen LogP contribution is -1.99. The number of hydrogen-bond donors (Lipinski definition) is 0. The van der Waals surface area contributed by atoms with E-state index in [0.29, 0.717) is 0 Å². The second-order valence-corrected chi connectivity index (χ2v) is 7.51. The number of rotatable bonds is 4. The van der Waals surface area contributed by atoms with Crippen LogP contribution in [0.2, 0.25) is 0 Å². The van der Waals surface area contributed by atoms with Gasteiger partial charge >= 0.3 is 0 Å². The fraction of sp³-hybridized carbons (Fsp3) is 0.208. The molecular weight excluding hydrogens is 376 g/mol. The van der Waals surface area contributed by atoms with Gasteiger partial charge in [0.1, 0.15) is 22.9 Å². The Morgan fingerprint density at radius 3 is 2.57 bits per heavy atom. The maximum Gasteiger partial charge on any atom is 0.141 e. The summed E-state index contributed by atoms with van der Waals surface area (Å²) in [6, 6.07) is 14.5. The topological polar surface area (TPSA) is 66.0 Å². The number of aryl methyl sites for hydroxylation is 3. The highest BCUT2D eigenvalue weighted by molar-refractivity contribution is 6.05. The van der Waals surface area contributed by atoms with Crippen molar-refractivity contribution in [2.45, 2.75) is 20.3 Å². The molecule has 0 saturated carbocycles. The molecule has 0 atom stereocenters. The minimum Gasteiger partial charge on any atom is -0.496 e. The first-order chi connectivity index (χ1) is 14.6. The Kier molecular flexibility index (Phi) is 4.28. The highest BCUT2D eigenvalue weighted by Gasteiger charge is 2.19. The smallest absolute Gasteiger partial charge is 0.141 e. The van der Waals surface area contributed by atoms with Crippen LogP contribution in [0.4, 0.5) is 0 Å². The molecule has 0 amide bonds. The van der Waals surface area contributed by atoms with Crippen molar-refractivity contribution < 1.29 is 9.26 Å². The molecule has 3 heterocycles. The van der Waals surface area contributed by atoms with Gasteiger partial charge < -0.3 is 13.8 Å². The Hall–Kier alpha value is -3.67. The van der Waals surface area contributed by atoms with Crippen LogP contribution in [0.25, 0.3) is 33.1 Å². The number of methoxy groups -OCH3 is 1. The first-order valence-corrected chi connectivity index (χ1v) is 9.86. The van der Waals surface area contributed by atoms with Gasteiger partial charge in [-0.25, -0.2) is 4.98 Å². The van der Waals surface area contributed by atoms with Crippen LogP contribution < -0.4 is 4.74 Å². The molecule has 0 radical (unpaired) electrons. The number of ether oxygens (including phenoxy) is 1. The number of imidazole rings is 1. The van der Waals surface area contributed by atoms with E-state index in [0.717, 1.165) is 62.5 Å². The van der Waals surface area contributed by atoms with Gasteiger partial charge in [0.15, 0.2) is 0 Å². The average molecular weight is 398 g/mol. The first-order valence-electron chi connectivity index (χ1n) is 9.86. The Balaban J connectivity index is 1.72. The van der Waals surface area contributed by atoms with Gasteiger partial charge in [-0.15, -0.1) is 0 Å². The zero-order valence-electron chi connectivity index (χ0n) is 17.4. The van der Waals surface area contributed by atoms with E-state index in [-0.39, 0.29) is 0 Å². The zero-order valence-corrected chi connectivity index (χ0v) is 17.4. The van der Waals surface area contributed by atoms with Crippen LogP contribution >= 0.6 is 0 Å². The standard InChI is InChI=1S/C24H22N4O2/c1-14-23(15(2)30-27-14)18-11-19-17(12-21(18)29-4)24-20(13-25-19)26-22(28(24)3)10-16-8-6-5-7-9-16/h5-9,11-13H,10H2,1-4H3. The second-order valence-electron chi connectivity index (χ2n) is 7.51. The molecule has 0 unspecified atom stereocenters. The average Bonchev–Trinajstić information content (AvgIpc) is 3.26. The van der Waals surface area contributed by atoms with Crippen LogP contribution in [0.1, 0.15) is 22.8 Å². The van der Waals surface area contributed by atoms with E-state index in [1.165, 1.54) is 5.56 Å². The molecule has 0 aliphatic rings. The van der Waals surface area contributed by atoms with Gasteiger partial charge in [0.25, 0.3) is 0 Å². The van der Waals surface area contributed by atoms with Crippen LogP contribution in [0.3, 0.4) is 0 Å². The number of pyridine rings is 1. The third-order valence-corrected chi connectivity index (χ3v) is 5.62. The Labute approximate surface area is 174 Å². The van der Waals surface area contributed by atoms with Gasteiger partial charge in [0, 0.05) is 24.4 Å². The van der Waals surface area contributed by atoms with Crippen molar-refractivity contribution in [3.05, 3.63) is 71.5 Å². The van der Waals surface area contributed by atoms with Gasteiger partial charge in [-0.05, 0) is 31.5 Å².